The van der Waals surface area contributed by atoms with Crippen LogP contribution in [0.5, 0.6) is 0 Å². The third-order valence-corrected chi connectivity index (χ3v) is 7.99. The molecule has 1 unspecified atom stereocenters. The molecule has 2 atom stereocenters. The van der Waals surface area contributed by atoms with Gasteiger partial charge in [-0.3, -0.25) is 9.80 Å². The number of aliphatic imine (C=N–C) groups is 1. The summed E-state index contributed by atoms with van der Waals surface area (Å²) in [7, 11) is 0. The normalized spacial score (nSPS) is 22.9. The highest BCUT2D eigenvalue weighted by atomic mass is 32.1. The lowest BCUT2D eigenvalue weighted by molar-refractivity contribution is 0.103. The molecule has 4 heterocycles. The molecule has 0 saturated carbocycles. The van der Waals surface area contributed by atoms with Gasteiger partial charge < -0.3 is 10.4 Å². The number of amides is 2. The molecular weight excluding hydrogens is 428 g/mol. The van der Waals surface area contributed by atoms with Crippen LogP contribution in [0, 0.1) is 6.92 Å². The largest absolute Gasteiger partial charge is 0.387 e. The fourth-order valence-electron chi connectivity index (χ4n) is 3.85. The number of aryl methyl sites for hydroxylation is 1. The average molecular weight is 459 g/mol. The fraction of sp³-hybridized carbons (Fsp3) is 0.478. The number of carbonyl (C=O) groups excluding carboxylic acids is 1. The first-order valence-corrected chi connectivity index (χ1v) is 12.2. The van der Waals surface area contributed by atoms with Gasteiger partial charge in [-0.15, -0.1) is 22.7 Å². The fourth-order valence-corrected chi connectivity index (χ4v) is 5.61. The number of amidine groups is 1. The number of aliphatic hydroxyl groups is 1. The molecule has 2 aromatic heterocycles. The number of carbonyl (C=O) groups is 1. The van der Waals surface area contributed by atoms with Crippen molar-refractivity contribution in [3.63, 3.8) is 0 Å². The molecule has 0 saturated heterocycles. The van der Waals surface area contributed by atoms with Crippen molar-refractivity contribution in [2.75, 3.05) is 13.1 Å². The van der Waals surface area contributed by atoms with Gasteiger partial charge in [0.15, 0.2) is 6.29 Å². The van der Waals surface area contributed by atoms with Gasteiger partial charge in [-0.2, -0.15) is 0 Å². The van der Waals surface area contributed by atoms with E-state index in [1.54, 1.807) is 27.6 Å². The first-order chi connectivity index (χ1) is 14.6. The van der Waals surface area contributed by atoms with Crippen LogP contribution in [0.4, 0.5) is 4.79 Å². The van der Waals surface area contributed by atoms with E-state index in [-0.39, 0.29) is 11.4 Å². The first-order valence-electron chi connectivity index (χ1n) is 10.5. The molecule has 0 fully saturated rings. The third-order valence-electron chi connectivity index (χ3n) is 5.63. The predicted molar refractivity (Wildman–Crippen MR) is 129 cm³/mol. The van der Waals surface area contributed by atoms with Gasteiger partial charge in [-0.25, -0.2) is 9.79 Å². The maximum Gasteiger partial charge on any atom is 0.325 e. The van der Waals surface area contributed by atoms with E-state index in [1.807, 2.05) is 17.9 Å². The van der Waals surface area contributed by atoms with Crippen molar-refractivity contribution in [3.8, 4) is 0 Å². The molecule has 0 spiro atoms. The molecule has 0 bridgehead atoms. The Labute approximate surface area is 191 Å². The lowest BCUT2D eigenvalue weighted by Gasteiger charge is -2.38. The molecule has 8 heteroatoms. The molecule has 2 aliphatic heterocycles. The summed E-state index contributed by atoms with van der Waals surface area (Å²) in [5.74, 6) is 0.692. The van der Waals surface area contributed by atoms with Crippen molar-refractivity contribution in [1.29, 1.82) is 0 Å². The van der Waals surface area contributed by atoms with E-state index in [2.05, 4.69) is 56.6 Å². The molecule has 2 N–H and O–H groups in total. The summed E-state index contributed by atoms with van der Waals surface area (Å²) in [5.41, 5.74) is 2.14. The molecule has 4 rings (SSSR count). The Hall–Kier alpha value is -2.00. The van der Waals surface area contributed by atoms with E-state index in [4.69, 9.17) is 4.99 Å². The lowest BCUT2D eigenvalue weighted by Crippen LogP contribution is -2.58. The Bertz CT molecular complexity index is 1030. The Kier molecular flexibility index (Phi) is 6.09. The van der Waals surface area contributed by atoms with Gasteiger partial charge in [0.05, 0.1) is 12.6 Å². The average Bonchev–Trinajstić information content (AvgIpc) is 3.33. The van der Waals surface area contributed by atoms with Crippen LogP contribution in [0.25, 0.3) is 5.57 Å². The van der Waals surface area contributed by atoms with E-state index >= 15 is 0 Å². The van der Waals surface area contributed by atoms with Crippen molar-refractivity contribution in [2.24, 2.45) is 4.99 Å². The topological polar surface area (TPSA) is 68.2 Å². The van der Waals surface area contributed by atoms with Gasteiger partial charge in [0.25, 0.3) is 0 Å². The van der Waals surface area contributed by atoms with E-state index in [0.717, 1.165) is 16.0 Å². The van der Waals surface area contributed by atoms with E-state index in [9.17, 15) is 9.90 Å². The zero-order chi connectivity index (χ0) is 22.3. The maximum atomic E-state index is 12.9. The number of thiophene rings is 2. The van der Waals surface area contributed by atoms with Crippen LogP contribution in [0.1, 0.15) is 47.9 Å². The number of nitrogens with zero attached hydrogens (tertiary/aromatic N) is 3. The molecule has 2 aliphatic rings. The van der Waals surface area contributed by atoms with Crippen molar-refractivity contribution in [3.05, 3.63) is 49.9 Å². The summed E-state index contributed by atoms with van der Waals surface area (Å²) in [6, 6.07) is 6.19. The number of nitrogens with one attached hydrogen (secondary N) is 1. The zero-order valence-electron chi connectivity index (χ0n) is 18.7. The lowest BCUT2D eigenvalue weighted by atomic mass is 9.95. The third kappa shape index (κ3) is 4.77. The Balaban J connectivity index is 1.45. The molecule has 0 radical (unpaired) electrons. The Morgan fingerprint density at radius 2 is 2.06 bits per heavy atom. The second-order valence-corrected chi connectivity index (χ2v) is 11.5. The highest BCUT2D eigenvalue weighted by molar-refractivity contribution is 7.12. The number of rotatable bonds is 4. The van der Waals surface area contributed by atoms with Crippen LogP contribution >= 0.6 is 22.7 Å². The second kappa shape index (κ2) is 8.50. The van der Waals surface area contributed by atoms with E-state index < -0.39 is 12.4 Å². The summed E-state index contributed by atoms with van der Waals surface area (Å²) in [6.45, 7) is 12.1. The summed E-state index contributed by atoms with van der Waals surface area (Å²) < 4.78 is 0. The molecule has 166 valence electrons. The monoisotopic (exact) mass is 458 g/mol. The minimum absolute atomic E-state index is 0.102. The zero-order valence-corrected chi connectivity index (χ0v) is 20.3. The van der Waals surface area contributed by atoms with Gasteiger partial charge >= 0.3 is 6.03 Å². The first kappa shape index (κ1) is 22.2. The smallest absolute Gasteiger partial charge is 0.325 e. The van der Waals surface area contributed by atoms with Crippen LogP contribution in [0.15, 0.2) is 34.6 Å². The van der Waals surface area contributed by atoms with Crippen LogP contribution < -0.4 is 5.32 Å². The molecule has 0 aromatic carbocycles. The van der Waals surface area contributed by atoms with Crippen molar-refractivity contribution in [1.82, 2.24) is 15.1 Å². The number of urea groups is 1. The maximum absolute atomic E-state index is 12.9. The van der Waals surface area contributed by atoms with E-state index in [1.165, 1.54) is 9.75 Å². The van der Waals surface area contributed by atoms with Gasteiger partial charge in [0, 0.05) is 27.7 Å². The number of β-amino-alcohol motifs (C(OH)–C–C–N with tert-alkyl or cyclic N) is 1. The molecule has 0 aliphatic carbocycles. The standard InChI is InChI=1S/C23H30N4O2S2/c1-14-10-16(13-30-14)18-8-9-26(12-19(18)28)21-24-15(2)27(22(29)25-21)11-17-6-7-20(31-17)23(3,4)5/h6-8,10,13,19,21,28H,9,11-12H2,1-5H3,(H,25,29)/t19-,21?/m0/s1. The van der Waals surface area contributed by atoms with Gasteiger partial charge in [0.1, 0.15) is 5.84 Å². The van der Waals surface area contributed by atoms with E-state index in [0.29, 0.717) is 25.5 Å². The van der Waals surface area contributed by atoms with Gasteiger partial charge in [-0.05, 0) is 54.0 Å². The summed E-state index contributed by atoms with van der Waals surface area (Å²) in [5, 5.41) is 15.8. The molecule has 2 amide bonds. The summed E-state index contributed by atoms with van der Waals surface area (Å²) in [4.78, 5) is 25.0. The van der Waals surface area contributed by atoms with Crippen LogP contribution in [0.2, 0.25) is 0 Å². The SMILES string of the molecule is CC1=NC(N2CC=C(c3csc(C)c3)[C@@H](O)C2)NC(=O)N1Cc1ccc(C(C)(C)C)s1. The highest BCUT2D eigenvalue weighted by Crippen LogP contribution is 2.31. The van der Waals surface area contributed by atoms with Crippen LogP contribution in [-0.2, 0) is 12.0 Å². The number of hydrogen-bond acceptors (Lipinski definition) is 6. The van der Waals surface area contributed by atoms with Gasteiger partial charge in [0.2, 0.25) is 0 Å². The highest BCUT2D eigenvalue weighted by Gasteiger charge is 2.33. The summed E-state index contributed by atoms with van der Waals surface area (Å²) >= 11 is 3.42. The number of aliphatic hydroxyl groups excluding tert-OH is 1. The van der Waals surface area contributed by atoms with Crippen LogP contribution in [-0.4, -0.2) is 52.3 Å². The second-order valence-electron chi connectivity index (χ2n) is 9.18. The van der Waals surface area contributed by atoms with Crippen LogP contribution in [0.3, 0.4) is 0 Å². The molecule has 31 heavy (non-hydrogen) atoms. The van der Waals surface area contributed by atoms with Crippen molar-refractivity contribution < 1.29 is 9.90 Å². The van der Waals surface area contributed by atoms with Crippen molar-refractivity contribution >= 4 is 40.1 Å². The van der Waals surface area contributed by atoms with Gasteiger partial charge in [-0.1, -0.05) is 26.8 Å². The minimum Gasteiger partial charge on any atom is -0.387 e. The summed E-state index contributed by atoms with van der Waals surface area (Å²) in [6.07, 6.45) is 0.975. The quantitative estimate of drug-likeness (QED) is 0.713. The number of hydrogen-bond donors (Lipinski definition) is 2. The van der Waals surface area contributed by atoms with Crippen molar-refractivity contribution in [2.45, 2.75) is 59.0 Å². The molecule has 2 aromatic rings. The Morgan fingerprint density at radius 3 is 2.65 bits per heavy atom. The Morgan fingerprint density at radius 1 is 1.29 bits per heavy atom. The molecule has 6 nitrogen and oxygen atoms in total. The molecular formula is C23H30N4O2S2. The minimum atomic E-state index is -0.602. The predicted octanol–water partition coefficient (Wildman–Crippen LogP) is 4.40.